The maximum absolute atomic E-state index is 8.14. The first-order valence-electron chi connectivity index (χ1n) is 1.52. The minimum Gasteiger partial charge on any atom is -0.395 e. The zero-order valence-corrected chi connectivity index (χ0v) is 5.27. The van der Waals surface area contributed by atoms with Crippen molar-refractivity contribution in [3.63, 3.8) is 0 Å². The first kappa shape index (κ1) is 5.69. The van der Waals surface area contributed by atoms with Crippen LogP contribution in [0.25, 0.3) is 0 Å². The summed E-state index contributed by atoms with van der Waals surface area (Å²) in [6, 6.07) is 0. The Morgan fingerprint density at radius 3 is 2.20 bits per heavy atom. The highest BCUT2D eigenvalue weighted by molar-refractivity contribution is 14.1. The highest BCUT2D eigenvalue weighted by Gasteiger charge is 1.84. The van der Waals surface area contributed by atoms with E-state index in [1.165, 1.54) is 0 Å². The first-order valence-corrected chi connectivity index (χ1v) is 2.77. The van der Waals surface area contributed by atoms with E-state index in [2.05, 4.69) is 22.6 Å². The van der Waals surface area contributed by atoms with Crippen molar-refractivity contribution in [2.24, 2.45) is 0 Å². The van der Waals surface area contributed by atoms with Crippen molar-refractivity contribution in [1.82, 2.24) is 0 Å². The molecule has 0 radical (unpaired) electrons. The highest BCUT2D eigenvalue weighted by atomic mass is 127. The Morgan fingerprint density at radius 2 is 2.20 bits per heavy atom. The van der Waals surface area contributed by atoms with Gasteiger partial charge in [0.2, 0.25) is 0 Å². The van der Waals surface area contributed by atoms with Crippen molar-refractivity contribution in [2.45, 2.75) is 10.8 Å². The second-order valence-corrected chi connectivity index (χ2v) is 3.09. The lowest BCUT2D eigenvalue weighted by Crippen LogP contribution is -1.93. The van der Waals surface area contributed by atoms with E-state index in [9.17, 15) is 0 Å². The van der Waals surface area contributed by atoms with Gasteiger partial charge in [-0.25, -0.2) is 0 Å². The Hall–Kier alpha value is 0.690. The molecular weight excluding hydrogens is 179 g/mol. The van der Waals surface area contributed by atoms with E-state index in [1.54, 1.807) is 0 Å². The van der Waals surface area contributed by atoms with Crippen LogP contribution in [0.2, 0.25) is 0 Å². The summed E-state index contributed by atoms with van der Waals surface area (Å²) < 4.78 is 0.410. The standard InChI is InChI=1S/C3H7IO/c1-3(4)2-5/h3,5H,2H2,1H3/t3-/m0/s1. The fraction of sp³-hybridized carbons (Fsp3) is 1.00. The van der Waals surface area contributed by atoms with Gasteiger partial charge in [-0.05, 0) is 0 Å². The molecule has 2 heteroatoms. The van der Waals surface area contributed by atoms with Gasteiger partial charge in [-0.3, -0.25) is 0 Å². The molecule has 32 valence electrons. The van der Waals surface area contributed by atoms with Crippen molar-refractivity contribution < 1.29 is 5.11 Å². The molecule has 1 N–H and O–H groups in total. The van der Waals surface area contributed by atoms with Crippen molar-refractivity contribution >= 4 is 22.6 Å². The van der Waals surface area contributed by atoms with Gasteiger partial charge in [0, 0.05) is 3.92 Å². The summed E-state index contributed by atoms with van der Waals surface area (Å²) >= 11 is 2.16. The third kappa shape index (κ3) is 4.69. The van der Waals surface area contributed by atoms with E-state index < -0.39 is 0 Å². The molecule has 1 nitrogen and oxygen atoms in total. The number of rotatable bonds is 1. The Bertz CT molecular complexity index is 20.9. The minimum absolute atomic E-state index is 0.292. The van der Waals surface area contributed by atoms with Crippen molar-refractivity contribution in [2.75, 3.05) is 6.61 Å². The van der Waals surface area contributed by atoms with Gasteiger partial charge in [0.1, 0.15) is 0 Å². The van der Waals surface area contributed by atoms with Gasteiger partial charge in [-0.15, -0.1) is 0 Å². The lowest BCUT2D eigenvalue weighted by atomic mass is 10.5. The van der Waals surface area contributed by atoms with Crippen LogP contribution in [0.1, 0.15) is 6.92 Å². The number of halogens is 1. The van der Waals surface area contributed by atoms with E-state index in [-0.39, 0.29) is 0 Å². The fourth-order valence-corrected chi connectivity index (χ4v) is 0. The fourth-order valence-electron chi connectivity index (χ4n) is 0. The second kappa shape index (κ2) is 2.90. The van der Waals surface area contributed by atoms with Crippen molar-refractivity contribution in [3.05, 3.63) is 0 Å². The van der Waals surface area contributed by atoms with Crippen LogP contribution in [0.5, 0.6) is 0 Å². The monoisotopic (exact) mass is 186 g/mol. The Morgan fingerprint density at radius 1 is 2.00 bits per heavy atom. The first-order chi connectivity index (χ1) is 2.27. The van der Waals surface area contributed by atoms with Gasteiger partial charge in [0.25, 0.3) is 0 Å². The molecule has 0 saturated heterocycles. The Labute approximate surface area is 45.5 Å². The lowest BCUT2D eigenvalue weighted by Gasteiger charge is -1.87. The van der Waals surface area contributed by atoms with Gasteiger partial charge >= 0.3 is 0 Å². The summed E-state index contributed by atoms with van der Waals surface area (Å²) in [5, 5.41) is 8.14. The summed E-state index contributed by atoms with van der Waals surface area (Å²) in [5.41, 5.74) is 0. The molecule has 0 fully saturated rings. The average molecular weight is 186 g/mol. The van der Waals surface area contributed by atoms with Crippen LogP contribution in [0, 0.1) is 0 Å². The third-order valence-electron chi connectivity index (χ3n) is 0.252. The molecule has 0 aliphatic heterocycles. The molecule has 0 bridgehead atoms. The van der Waals surface area contributed by atoms with E-state index in [1.807, 2.05) is 6.92 Å². The second-order valence-electron chi connectivity index (χ2n) is 0.963. The predicted octanol–water partition coefficient (Wildman–Crippen LogP) is 0.802. The maximum Gasteiger partial charge on any atom is 0.0546 e. The van der Waals surface area contributed by atoms with Gasteiger partial charge < -0.3 is 5.11 Å². The van der Waals surface area contributed by atoms with E-state index in [4.69, 9.17) is 5.11 Å². The normalized spacial score (nSPS) is 15.0. The average Bonchev–Trinajstić information content (AvgIpc) is 1.38. The van der Waals surface area contributed by atoms with E-state index in [0.717, 1.165) is 0 Å². The summed E-state index contributed by atoms with van der Waals surface area (Å²) in [5.74, 6) is 0. The van der Waals surface area contributed by atoms with Gasteiger partial charge in [0.15, 0.2) is 0 Å². The smallest absolute Gasteiger partial charge is 0.0546 e. The molecule has 0 amide bonds. The zero-order chi connectivity index (χ0) is 4.28. The topological polar surface area (TPSA) is 20.2 Å². The van der Waals surface area contributed by atoms with E-state index >= 15 is 0 Å². The van der Waals surface area contributed by atoms with Crippen molar-refractivity contribution in [1.29, 1.82) is 0 Å². The Balaban J connectivity index is 2.54. The van der Waals surface area contributed by atoms with Gasteiger partial charge in [0.05, 0.1) is 6.61 Å². The molecular formula is C3H7IO. The summed E-state index contributed by atoms with van der Waals surface area (Å²) in [4.78, 5) is 0. The number of aliphatic hydroxyl groups is 1. The quantitative estimate of drug-likeness (QED) is 0.474. The van der Waals surface area contributed by atoms with Gasteiger partial charge in [-0.1, -0.05) is 29.5 Å². The third-order valence-corrected chi connectivity index (χ3v) is 0.645. The number of hydrogen-bond donors (Lipinski definition) is 1. The molecule has 1 atom stereocenters. The number of aliphatic hydroxyl groups excluding tert-OH is 1. The molecule has 0 spiro atoms. The molecule has 0 aliphatic carbocycles. The molecule has 5 heavy (non-hydrogen) atoms. The molecule has 0 unspecified atom stereocenters. The molecule has 0 aromatic rings. The van der Waals surface area contributed by atoms with Crippen LogP contribution in [0.3, 0.4) is 0 Å². The zero-order valence-electron chi connectivity index (χ0n) is 3.11. The van der Waals surface area contributed by atoms with Crippen LogP contribution >= 0.6 is 22.6 Å². The van der Waals surface area contributed by atoms with Crippen LogP contribution in [-0.4, -0.2) is 15.6 Å². The highest BCUT2D eigenvalue weighted by Crippen LogP contribution is 1.92. The summed E-state index contributed by atoms with van der Waals surface area (Å²) in [6.07, 6.45) is 0. The van der Waals surface area contributed by atoms with Gasteiger partial charge in [-0.2, -0.15) is 0 Å². The minimum atomic E-state index is 0.292. The van der Waals surface area contributed by atoms with Crippen LogP contribution in [0.4, 0.5) is 0 Å². The largest absolute Gasteiger partial charge is 0.395 e. The van der Waals surface area contributed by atoms with Crippen LogP contribution in [0.15, 0.2) is 0 Å². The molecule has 0 aliphatic rings. The van der Waals surface area contributed by atoms with Crippen LogP contribution < -0.4 is 0 Å². The summed E-state index contributed by atoms with van der Waals surface area (Å²) in [7, 11) is 0. The predicted molar refractivity (Wildman–Crippen MR) is 30.6 cm³/mol. The van der Waals surface area contributed by atoms with E-state index in [0.29, 0.717) is 10.5 Å². The molecule has 0 aromatic heterocycles. The molecule has 0 heterocycles. The molecule has 0 aromatic carbocycles. The SMILES string of the molecule is C[C@H](I)CO. The summed E-state index contributed by atoms with van der Waals surface area (Å²) in [6.45, 7) is 2.25. The van der Waals surface area contributed by atoms with Crippen LogP contribution in [-0.2, 0) is 0 Å². The van der Waals surface area contributed by atoms with Crippen molar-refractivity contribution in [3.8, 4) is 0 Å². The molecule has 0 rings (SSSR count). The maximum atomic E-state index is 8.14. The Kier molecular flexibility index (Phi) is 3.30. The number of hydrogen-bond acceptors (Lipinski definition) is 1. The number of alkyl halides is 1. The molecule has 0 saturated carbocycles. The lowest BCUT2D eigenvalue weighted by molar-refractivity contribution is 0.304.